The largest absolute Gasteiger partial charge is 0.477 e. The first-order chi connectivity index (χ1) is 9.88. The maximum atomic E-state index is 11.1. The third-order valence-corrected chi connectivity index (χ3v) is 2.86. The fourth-order valence-electron chi connectivity index (χ4n) is 1.87. The van der Waals surface area contributed by atoms with Crippen molar-refractivity contribution in [3.05, 3.63) is 45.9 Å². The summed E-state index contributed by atoms with van der Waals surface area (Å²) < 4.78 is 1.65. The van der Waals surface area contributed by atoms with Crippen LogP contribution in [0.2, 0.25) is 0 Å². The van der Waals surface area contributed by atoms with Crippen molar-refractivity contribution in [3.63, 3.8) is 0 Å². The highest BCUT2D eigenvalue weighted by Gasteiger charge is 2.22. The summed E-state index contributed by atoms with van der Waals surface area (Å²) in [5.41, 5.74) is 0.00101. The van der Waals surface area contributed by atoms with Gasteiger partial charge in [0, 0.05) is 38.5 Å². The van der Waals surface area contributed by atoms with Crippen molar-refractivity contribution in [1.29, 1.82) is 0 Å². The van der Waals surface area contributed by atoms with Crippen LogP contribution in [0.4, 0.5) is 11.5 Å². The van der Waals surface area contributed by atoms with Crippen molar-refractivity contribution in [3.8, 4) is 0 Å². The Morgan fingerprint density at radius 3 is 2.76 bits per heavy atom. The van der Waals surface area contributed by atoms with Gasteiger partial charge in [-0.25, -0.2) is 9.78 Å². The molecule has 0 bridgehead atoms. The van der Waals surface area contributed by atoms with Gasteiger partial charge in [0.2, 0.25) is 0 Å². The van der Waals surface area contributed by atoms with E-state index in [-0.39, 0.29) is 5.56 Å². The Balaban J connectivity index is 2.29. The Morgan fingerprint density at radius 1 is 1.52 bits per heavy atom. The zero-order valence-corrected chi connectivity index (χ0v) is 11.4. The van der Waals surface area contributed by atoms with Crippen molar-refractivity contribution in [2.45, 2.75) is 6.54 Å². The van der Waals surface area contributed by atoms with E-state index >= 15 is 0 Å². The first-order valence-corrected chi connectivity index (χ1v) is 5.95. The zero-order chi connectivity index (χ0) is 15.6. The first kappa shape index (κ1) is 14.4. The molecule has 0 fully saturated rings. The molecule has 9 heteroatoms. The fraction of sp³-hybridized carbons (Fsp3) is 0.250. The average molecular weight is 291 g/mol. The van der Waals surface area contributed by atoms with Crippen molar-refractivity contribution >= 4 is 17.5 Å². The number of pyridine rings is 1. The van der Waals surface area contributed by atoms with Gasteiger partial charge in [-0.3, -0.25) is 14.8 Å². The second-order valence-electron chi connectivity index (χ2n) is 4.50. The minimum Gasteiger partial charge on any atom is -0.477 e. The van der Waals surface area contributed by atoms with E-state index in [0.29, 0.717) is 12.4 Å². The molecule has 0 radical (unpaired) electrons. The van der Waals surface area contributed by atoms with E-state index in [4.69, 9.17) is 5.11 Å². The Hall–Kier alpha value is -2.97. The molecule has 0 saturated heterocycles. The molecule has 0 saturated carbocycles. The van der Waals surface area contributed by atoms with E-state index in [9.17, 15) is 14.9 Å². The van der Waals surface area contributed by atoms with Crippen LogP contribution in [0.1, 0.15) is 15.9 Å². The van der Waals surface area contributed by atoms with Gasteiger partial charge in [0.25, 0.3) is 0 Å². The molecule has 0 aromatic carbocycles. The van der Waals surface area contributed by atoms with Gasteiger partial charge in [-0.1, -0.05) is 0 Å². The molecule has 110 valence electrons. The van der Waals surface area contributed by atoms with Gasteiger partial charge >= 0.3 is 11.7 Å². The summed E-state index contributed by atoms with van der Waals surface area (Å²) in [6, 6.07) is 1.19. The molecule has 21 heavy (non-hydrogen) atoms. The molecular weight excluding hydrogens is 278 g/mol. The van der Waals surface area contributed by atoms with Crippen molar-refractivity contribution in [2.24, 2.45) is 7.05 Å². The molecule has 1 N–H and O–H groups in total. The average Bonchev–Trinajstić information content (AvgIpc) is 2.83. The smallest absolute Gasteiger partial charge is 0.342 e. The van der Waals surface area contributed by atoms with E-state index in [1.54, 1.807) is 29.9 Å². The molecule has 0 aliphatic carbocycles. The van der Waals surface area contributed by atoms with Gasteiger partial charge in [0.1, 0.15) is 17.6 Å². The quantitative estimate of drug-likeness (QED) is 0.646. The molecule has 0 spiro atoms. The van der Waals surface area contributed by atoms with Gasteiger partial charge in [-0.05, 0) is 0 Å². The topological polar surface area (TPSA) is 114 Å². The summed E-state index contributed by atoms with van der Waals surface area (Å²) in [5.74, 6) is -1.03. The SMILES string of the molecule is CN(Cc1cnn(C)c1)c1cc(C(=O)O)c([N+](=O)[O-])cn1. The summed E-state index contributed by atoms with van der Waals surface area (Å²) in [5, 5.41) is 23.9. The normalized spacial score (nSPS) is 10.4. The summed E-state index contributed by atoms with van der Waals surface area (Å²) >= 11 is 0. The third-order valence-electron chi connectivity index (χ3n) is 2.86. The first-order valence-electron chi connectivity index (χ1n) is 5.95. The second-order valence-corrected chi connectivity index (χ2v) is 4.50. The molecule has 0 unspecified atom stereocenters. The molecule has 0 aliphatic heterocycles. The van der Waals surface area contributed by atoms with Crippen LogP contribution in [0.3, 0.4) is 0 Å². The number of hydrogen-bond donors (Lipinski definition) is 1. The molecule has 2 heterocycles. The maximum Gasteiger partial charge on any atom is 0.342 e. The highest BCUT2D eigenvalue weighted by molar-refractivity contribution is 5.93. The number of carbonyl (C=O) groups is 1. The number of aryl methyl sites for hydroxylation is 1. The van der Waals surface area contributed by atoms with Crippen LogP contribution in [0.5, 0.6) is 0 Å². The Bertz CT molecular complexity index is 697. The molecule has 0 atom stereocenters. The van der Waals surface area contributed by atoms with E-state index in [0.717, 1.165) is 11.8 Å². The lowest BCUT2D eigenvalue weighted by Gasteiger charge is -2.17. The Kier molecular flexibility index (Phi) is 3.83. The predicted octanol–water partition coefficient (Wildman–Crippen LogP) is 1.06. The van der Waals surface area contributed by atoms with Crippen LogP contribution in [0, 0.1) is 10.1 Å². The Labute approximate surface area is 119 Å². The van der Waals surface area contributed by atoms with Crippen LogP contribution < -0.4 is 4.90 Å². The van der Waals surface area contributed by atoms with E-state index < -0.39 is 16.6 Å². The number of anilines is 1. The molecule has 0 amide bonds. The second kappa shape index (κ2) is 5.57. The lowest BCUT2D eigenvalue weighted by Crippen LogP contribution is -2.18. The van der Waals surface area contributed by atoms with Crippen molar-refractivity contribution in [1.82, 2.24) is 14.8 Å². The number of carboxylic acid groups (broad SMARTS) is 1. The highest BCUT2D eigenvalue weighted by Crippen LogP contribution is 2.22. The number of hydrogen-bond acceptors (Lipinski definition) is 6. The van der Waals surface area contributed by atoms with Gasteiger partial charge in [0.15, 0.2) is 0 Å². The number of aromatic carboxylic acids is 1. The highest BCUT2D eigenvalue weighted by atomic mass is 16.6. The lowest BCUT2D eigenvalue weighted by molar-refractivity contribution is -0.385. The van der Waals surface area contributed by atoms with Gasteiger partial charge in [0.05, 0.1) is 11.1 Å². The lowest BCUT2D eigenvalue weighted by atomic mass is 10.2. The summed E-state index contributed by atoms with van der Waals surface area (Å²) in [4.78, 5) is 26.7. The van der Waals surface area contributed by atoms with E-state index in [1.165, 1.54) is 6.07 Å². The fourth-order valence-corrected chi connectivity index (χ4v) is 1.87. The standard InChI is InChI=1S/C12H13N5O4/c1-15(6-8-4-14-16(2)7-8)11-3-9(12(18)19)10(5-13-11)17(20)21/h3-5,7H,6H2,1-2H3,(H,18,19). The molecule has 2 rings (SSSR count). The number of nitrogens with zero attached hydrogens (tertiary/aromatic N) is 5. The predicted molar refractivity (Wildman–Crippen MR) is 73.2 cm³/mol. The molecule has 0 aliphatic rings. The summed E-state index contributed by atoms with van der Waals surface area (Å²) in [6.07, 6.45) is 4.46. The monoisotopic (exact) mass is 291 g/mol. The van der Waals surface area contributed by atoms with Crippen molar-refractivity contribution < 1.29 is 14.8 Å². The van der Waals surface area contributed by atoms with E-state index in [2.05, 4.69) is 10.1 Å². The molecular formula is C12H13N5O4. The minimum absolute atomic E-state index is 0.335. The molecule has 2 aromatic rings. The maximum absolute atomic E-state index is 11.1. The number of nitro groups is 1. The Morgan fingerprint density at radius 2 is 2.24 bits per heavy atom. The van der Waals surface area contributed by atoms with Crippen LogP contribution in [0.25, 0.3) is 0 Å². The van der Waals surface area contributed by atoms with Gasteiger partial charge in [-0.2, -0.15) is 5.10 Å². The number of aromatic nitrogens is 3. The van der Waals surface area contributed by atoms with Crippen molar-refractivity contribution in [2.75, 3.05) is 11.9 Å². The van der Waals surface area contributed by atoms with Crippen LogP contribution in [-0.4, -0.2) is 37.8 Å². The van der Waals surface area contributed by atoms with Crippen LogP contribution >= 0.6 is 0 Å². The summed E-state index contributed by atoms with van der Waals surface area (Å²) in [6.45, 7) is 0.456. The third kappa shape index (κ3) is 3.14. The molecule has 2 aromatic heterocycles. The van der Waals surface area contributed by atoms with Gasteiger partial charge < -0.3 is 10.0 Å². The number of carboxylic acids is 1. The van der Waals surface area contributed by atoms with E-state index in [1.807, 2.05) is 6.20 Å². The summed E-state index contributed by atoms with van der Waals surface area (Å²) in [7, 11) is 3.50. The molecule has 9 nitrogen and oxygen atoms in total. The van der Waals surface area contributed by atoms with Gasteiger partial charge in [-0.15, -0.1) is 0 Å². The van der Waals surface area contributed by atoms with Crippen LogP contribution in [-0.2, 0) is 13.6 Å². The number of rotatable bonds is 5. The zero-order valence-electron chi connectivity index (χ0n) is 11.4. The van der Waals surface area contributed by atoms with Crippen LogP contribution in [0.15, 0.2) is 24.7 Å². The minimum atomic E-state index is -1.36.